The van der Waals surface area contributed by atoms with Crippen LogP contribution in [0.3, 0.4) is 0 Å². The van der Waals surface area contributed by atoms with Gasteiger partial charge in [0.25, 0.3) is 0 Å². The lowest BCUT2D eigenvalue weighted by Crippen LogP contribution is -2.51. The van der Waals surface area contributed by atoms with E-state index in [0.717, 1.165) is 11.6 Å². The smallest absolute Gasteiger partial charge is 0.396 e. The summed E-state index contributed by atoms with van der Waals surface area (Å²) in [6.07, 6.45) is -0.516. The number of carbonyl (C=O) groups is 1. The molecular weight excluding hydrogens is 421 g/mol. The molecule has 0 spiro atoms. The van der Waals surface area contributed by atoms with Crippen LogP contribution in [0, 0.1) is 22.7 Å². The van der Waals surface area contributed by atoms with E-state index in [1.54, 1.807) is 35.5 Å². The Bertz CT molecular complexity index is 1040. The van der Waals surface area contributed by atoms with Crippen LogP contribution in [-0.2, 0) is 17.4 Å². The fourth-order valence-electron chi connectivity index (χ4n) is 4.81. The van der Waals surface area contributed by atoms with Crippen molar-refractivity contribution in [2.45, 2.75) is 19.0 Å². The zero-order valence-electron chi connectivity index (χ0n) is 17.3. The van der Waals surface area contributed by atoms with Crippen LogP contribution in [-0.4, -0.2) is 53.7 Å². The number of aromatic nitrogens is 1. The number of hydrogen-bond acceptors (Lipinski definition) is 5. The Balaban J connectivity index is 1.52. The first-order valence-electron chi connectivity index (χ1n) is 10.4. The van der Waals surface area contributed by atoms with Crippen molar-refractivity contribution in [2.75, 3.05) is 37.7 Å². The molecule has 3 heterocycles. The summed E-state index contributed by atoms with van der Waals surface area (Å²) in [6.45, 7) is 1.69. The number of halogens is 3. The van der Waals surface area contributed by atoms with E-state index in [0.29, 0.717) is 38.3 Å². The highest BCUT2D eigenvalue weighted by atomic mass is 19.4. The average molecular weight is 444 g/mol. The fraction of sp³-hybridized carbons (Fsp3) is 0.435. The summed E-state index contributed by atoms with van der Waals surface area (Å²) in [4.78, 5) is 20.4. The molecule has 9 heteroatoms. The van der Waals surface area contributed by atoms with Gasteiger partial charge in [-0.3, -0.25) is 9.78 Å². The first-order valence-corrected chi connectivity index (χ1v) is 10.4. The van der Waals surface area contributed by atoms with Crippen molar-refractivity contribution in [2.24, 2.45) is 11.3 Å². The van der Waals surface area contributed by atoms with E-state index < -0.39 is 22.7 Å². The van der Waals surface area contributed by atoms with Gasteiger partial charge in [-0.2, -0.15) is 18.4 Å². The average Bonchev–Trinajstić information content (AvgIpc) is 3.18. The summed E-state index contributed by atoms with van der Waals surface area (Å²) in [5.41, 5.74) is -0.607. The largest absolute Gasteiger partial charge is 0.417 e. The number of hydrogen-bond donors (Lipinski definition) is 1. The second-order valence-corrected chi connectivity index (χ2v) is 8.56. The van der Waals surface area contributed by atoms with Crippen molar-refractivity contribution in [1.29, 1.82) is 5.26 Å². The van der Waals surface area contributed by atoms with Gasteiger partial charge in [-0.1, -0.05) is 0 Å². The van der Waals surface area contributed by atoms with Crippen molar-refractivity contribution in [3.63, 3.8) is 0 Å². The number of likely N-dealkylation sites (tertiary alicyclic amines) is 1. The van der Waals surface area contributed by atoms with Gasteiger partial charge in [0.2, 0.25) is 5.91 Å². The molecule has 4 rings (SSSR count). The number of aliphatic hydroxyl groups excluding tert-OH is 1. The lowest BCUT2D eigenvalue weighted by molar-refractivity contribution is -0.137. The third-order valence-electron chi connectivity index (χ3n) is 6.70. The predicted octanol–water partition coefficient (Wildman–Crippen LogP) is 2.86. The number of rotatable bonds is 4. The predicted molar refractivity (Wildman–Crippen MR) is 111 cm³/mol. The van der Waals surface area contributed by atoms with E-state index in [1.807, 2.05) is 4.90 Å². The fourth-order valence-corrected chi connectivity index (χ4v) is 4.81. The van der Waals surface area contributed by atoms with Crippen LogP contribution in [0.1, 0.15) is 23.1 Å². The normalized spacial score (nSPS) is 23.0. The highest BCUT2D eigenvalue weighted by Crippen LogP contribution is 2.45. The molecule has 2 aromatic rings. The van der Waals surface area contributed by atoms with Crippen molar-refractivity contribution < 1.29 is 23.1 Å². The minimum atomic E-state index is -4.63. The van der Waals surface area contributed by atoms with Crippen LogP contribution in [0.2, 0.25) is 0 Å². The molecule has 32 heavy (non-hydrogen) atoms. The van der Waals surface area contributed by atoms with Gasteiger partial charge in [-0.25, -0.2) is 0 Å². The summed E-state index contributed by atoms with van der Waals surface area (Å²) in [6, 6.07) is 8.90. The number of fused-ring (bicyclic) bond motifs is 1. The quantitative estimate of drug-likeness (QED) is 0.785. The van der Waals surface area contributed by atoms with Crippen LogP contribution in [0.15, 0.2) is 42.7 Å². The Kier molecular flexibility index (Phi) is 5.82. The molecular formula is C23H23F3N4O2. The summed E-state index contributed by atoms with van der Waals surface area (Å²) in [7, 11) is 0. The van der Waals surface area contributed by atoms with E-state index in [-0.39, 0.29) is 24.9 Å². The number of carbonyl (C=O) groups excluding carboxylic acids is 1. The molecule has 168 valence electrons. The molecule has 2 saturated heterocycles. The second kappa shape index (κ2) is 8.43. The standard InChI is InChI=1S/C23H23F3N4O2/c24-23(25,26)20-10-19(2-1-17(20)11-27)30-13-18-12-29(8-5-22(18,14-30)15-31)21(32)9-16-3-6-28-7-4-16/h1-4,6-7,10,18,31H,5,8-9,12-15H2/t18-,22+/m1/s1. The number of aliphatic hydroxyl groups is 1. The molecule has 1 aromatic carbocycles. The Labute approximate surface area is 183 Å². The SMILES string of the molecule is N#Cc1ccc(N2C[C@H]3CN(C(=O)Cc4ccncc4)CC[C@@]3(CO)C2)cc1C(F)(F)F. The van der Waals surface area contributed by atoms with E-state index in [1.165, 1.54) is 12.1 Å². The van der Waals surface area contributed by atoms with Gasteiger partial charge in [-0.05, 0) is 42.3 Å². The Hall–Kier alpha value is -3.12. The number of piperidine rings is 1. The molecule has 2 aliphatic heterocycles. The topological polar surface area (TPSA) is 80.5 Å². The number of nitrogens with zero attached hydrogens (tertiary/aromatic N) is 4. The molecule has 0 unspecified atom stereocenters. The molecule has 0 saturated carbocycles. The van der Waals surface area contributed by atoms with Crippen molar-refractivity contribution in [3.05, 3.63) is 59.4 Å². The lowest BCUT2D eigenvalue weighted by Gasteiger charge is -2.42. The maximum absolute atomic E-state index is 13.4. The second-order valence-electron chi connectivity index (χ2n) is 8.56. The van der Waals surface area contributed by atoms with Crippen LogP contribution in [0.25, 0.3) is 0 Å². The number of benzene rings is 1. The van der Waals surface area contributed by atoms with Gasteiger partial charge in [-0.15, -0.1) is 0 Å². The molecule has 0 radical (unpaired) electrons. The van der Waals surface area contributed by atoms with Gasteiger partial charge < -0.3 is 14.9 Å². The lowest BCUT2D eigenvalue weighted by atomic mass is 9.73. The molecule has 0 bridgehead atoms. The Morgan fingerprint density at radius 3 is 2.66 bits per heavy atom. The number of amides is 1. The van der Waals surface area contributed by atoms with Gasteiger partial charge in [0.15, 0.2) is 0 Å². The molecule has 0 aliphatic carbocycles. The van der Waals surface area contributed by atoms with Crippen LogP contribution in [0.4, 0.5) is 18.9 Å². The van der Waals surface area contributed by atoms with Crippen LogP contribution >= 0.6 is 0 Å². The van der Waals surface area contributed by atoms with Crippen LogP contribution < -0.4 is 4.90 Å². The van der Waals surface area contributed by atoms with Crippen LogP contribution in [0.5, 0.6) is 0 Å². The van der Waals surface area contributed by atoms with Crippen molar-refractivity contribution in [3.8, 4) is 6.07 Å². The molecule has 1 N–H and O–H groups in total. The molecule has 6 nitrogen and oxygen atoms in total. The minimum Gasteiger partial charge on any atom is -0.396 e. The van der Waals surface area contributed by atoms with Gasteiger partial charge in [0.05, 0.1) is 30.2 Å². The van der Waals surface area contributed by atoms with Crippen molar-refractivity contribution in [1.82, 2.24) is 9.88 Å². The first kappa shape index (κ1) is 22.1. The molecule has 1 amide bonds. The van der Waals surface area contributed by atoms with Gasteiger partial charge in [0, 0.05) is 55.6 Å². The summed E-state index contributed by atoms with van der Waals surface area (Å²) in [5.74, 6) is -0.0773. The number of anilines is 1. The van der Waals surface area contributed by atoms with E-state index in [4.69, 9.17) is 5.26 Å². The summed E-state index contributed by atoms with van der Waals surface area (Å²) < 4.78 is 40.2. The minimum absolute atomic E-state index is 0.0149. The number of alkyl halides is 3. The Morgan fingerprint density at radius 1 is 1.25 bits per heavy atom. The third kappa shape index (κ3) is 4.15. The number of pyridine rings is 1. The summed E-state index contributed by atoms with van der Waals surface area (Å²) in [5, 5.41) is 19.2. The molecule has 2 fully saturated rings. The highest BCUT2D eigenvalue weighted by molar-refractivity contribution is 5.79. The van der Waals surface area contributed by atoms with Gasteiger partial charge >= 0.3 is 6.18 Å². The monoisotopic (exact) mass is 444 g/mol. The van der Waals surface area contributed by atoms with E-state index in [9.17, 15) is 23.1 Å². The summed E-state index contributed by atoms with van der Waals surface area (Å²) >= 11 is 0. The zero-order chi connectivity index (χ0) is 22.9. The maximum Gasteiger partial charge on any atom is 0.417 e. The molecule has 1 aromatic heterocycles. The third-order valence-corrected chi connectivity index (χ3v) is 6.70. The zero-order valence-corrected chi connectivity index (χ0v) is 17.3. The van der Waals surface area contributed by atoms with E-state index >= 15 is 0 Å². The van der Waals surface area contributed by atoms with E-state index in [2.05, 4.69) is 4.98 Å². The number of nitriles is 1. The maximum atomic E-state index is 13.4. The highest BCUT2D eigenvalue weighted by Gasteiger charge is 2.50. The first-order chi connectivity index (χ1) is 15.3. The van der Waals surface area contributed by atoms with Gasteiger partial charge in [0.1, 0.15) is 0 Å². The molecule has 2 atom stereocenters. The molecule has 2 aliphatic rings. The Morgan fingerprint density at radius 2 is 2.00 bits per heavy atom. The van der Waals surface area contributed by atoms with Crippen molar-refractivity contribution >= 4 is 11.6 Å².